The Hall–Kier alpha value is -2.09. The minimum atomic E-state index is -0.768. The molecule has 148 valence electrons. The average Bonchev–Trinajstić information content (AvgIpc) is 3.31. The molecule has 0 saturated heterocycles. The van der Waals surface area contributed by atoms with Gasteiger partial charge in [0, 0.05) is 12.0 Å². The largest absolute Gasteiger partial charge is 0.340 e. The van der Waals surface area contributed by atoms with E-state index in [1.54, 1.807) is 12.3 Å². The number of hydrogen-bond donors (Lipinski definition) is 4. The number of halogens is 2. The maximum absolute atomic E-state index is 12.7. The number of hydrogen-bond acceptors (Lipinski definition) is 4. The zero-order chi connectivity index (χ0) is 17.6. The number of nitrogens with one attached hydrogen (secondary N) is 3. The third kappa shape index (κ3) is 5.69. The number of aromatic amines is 1. The van der Waals surface area contributed by atoms with Crippen molar-refractivity contribution in [3.05, 3.63) is 48.2 Å². The molecule has 5 N–H and O–H groups in total. The molecule has 1 fully saturated rings. The van der Waals surface area contributed by atoms with Gasteiger partial charge >= 0.3 is 0 Å². The lowest BCUT2D eigenvalue weighted by molar-refractivity contribution is -0.130. The minimum absolute atomic E-state index is 0. The highest BCUT2D eigenvalue weighted by Gasteiger charge is 2.34. The molecule has 0 radical (unpaired) electrons. The van der Waals surface area contributed by atoms with Crippen molar-refractivity contribution in [3.63, 3.8) is 0 Å². The van der Waals surface area contributed by atoms with Crippen LogP contribution in [0.1, 0.15) is 30.9 Å². The molecule has 1 aliphatic rings. The van der Waals surface area contributed by atoms with Crippen molar-refractivity contribution in [1.82, 2.24) is 15.5 Å². The fraction of sp³-hybridized carbons (Fsp3) is 0.389. The van der Waals surface area contributed by atoms with Crippen LogP contribution in [0.2, 0.25) is 0 Å². The third-order valence-electron chi connectivity index (χ3n) is 4.74. The van der Waals surface area contributed by atoms with Gasteiger partial charge in [0.15, 0.2) is 0 Å². The Morgan fingerprint density at radius 1 is 1.19 bits per heavy atom. The van der Waals surface area contributed by atoms with Gasteiger partial charge in [0.05, 0.1) is 6.20 Å². The molecule has 1 aromatic carbocycles. The number of carbonyl (C=O) groups is 2. The first-order valence-corrected chi connectivity index (χ1v) is 8.54. The van der Waals surface area contributed by atoms with Gasteiger partial charge in [-0.1, -0.05) is 36.8 Å². The zero-order valence-corrected chi connectivity index (χ0v) is 16.4. The maximum atomic E-state index is 12.7. The Morgan fingerprint density at radius 2 is 1.93 bits per heavy atom. The van der Waals surface area contributed by atoms with E-state index in [-0.39, 0.29) is 48.5 Å². The van der Waals surface area contributed by atoms with Gasteiger partial charge in [-0.25, -0.2) is 0 Å². The quantitative estimate of drug-likeness (QED) is 0.582. The van der Waals surface area contributed by atoms with Gasteiger partial charge in [-0.2, -0.15) is 5.10 Å². The van der Waals surface area contributed by atoms with Crippen LogP contribution in [0.15, 0.2) is 42.6 Å². The van der Waals surface area contributed by atoms with Crippen molar-refractivity contribution < 1.29 is 9.59 Å². The number of benzene rings is 1. The van der Waals surface area contributed by atoms with Gasteiger partial charge in [-0.3, -0.25) is 14.7 Å². The molecule has 1 heterocycles. The van der Waals surface area contributed by atoms with E-state index in [1.807, 2.05) is 30.3 Å². The van der Waals surface area contributed by atoms with Crippen LogP contribution in [0, 0.1) is 11.8 Å². The molecule has 1 aliphatic carbocycles. The van der Waals surface area contributed by atoms with Crippen LogP contribution < -0.4 is 16.4 Å². The molecule has 9 heteroatoms. The molecule has 7 nitrogen and oxygen atoms in total. The molecule has 27 heavy (non-hydrogen) atoms. The van der Waals surface area contributed by atoms with E-state index < -0.39 is 6.04 Å². The van der Waals surface area contributed by atoms with Gasteiger partial charge in [0.1, 0.15) is 11.9 Å². The van der Waals surface area contributed by atoms with E-state index in [9.17, 15) is 9.59 Å². The first-order valence-electron chi connectivity index (χ1n) is 8.54. The van der Waals surface area contributed by atoms with Gasteiger partial charge < -0.3 is 16.4 Å². The first-order chi connectivity index (χ1) is 12.2. The normalized spacial score (nSPS) is 19.3. The molecule has 0 aliphatic heterocycles. The monoisotopic (exact) mass is 413 g/mol. The summed E-state index contributed by atoms with van der Waals surface area (Å²) in [6.07, 6.45) is 4.33. The van der Waals surface area contributed by atoms with Crippen molar-refractivity contribution in [2.45, 2.75) is 25.3 Å². The lowest BCUT2D eigenvalue weighted by Gasteiger charge is -2.23. The van der Waals surface area contributed by atoms with E-state index in [4.69, 9.17) is 5.73 Å². The van der Waals surface area contributed by atoms with E-state index in [0.29, 0.717) is 12.4 Å². The highest BCUT2D eigenvalue weighted by Crippen LogP contribution is 2.31. The Kier molecular flexibility index (Phi) is 9.28. The summed E-state index contributed by atoms with van der Waals surface area (Å²) < 4.78 is 0. The fourth-order valence-corrected chi connectivity index (χ4v) is 3.39. The first kappa shape index (κ1) is 23.0. The van der Waals surface area contributed by atoms with E-state index in [1.165, 1.54) is 0 Å². The Labute approximate surface area is 170 Å². The number of carbonyl (C=O) groups excluding carboxylic acids is 2. The Bertz CT molecular complexity index is 712. The van der Waals surface area contributed by atoms with Crippen LogP contribution in [0.25, 0.3) is 0 Å². The van der Waals surface area contributed by atoms with Crippen molar-refractivity contribution >= 4 is 42.4 Å². The number of amides is 2. The standard InChI is InChI=1S/C18H23N5O2.2ClH/c19-11-13-7-4-8-14(13)17(24)22-16(12-5-2-1-3-6-12)18(25)21-15-9-10-20-23-15;;/h1-3,5-6,9-10,13-14,16H,4,7-8,11,19H2,(H,22,24)(H2,20,21,23,25);2*1H/t13-,14-,16?;;/m1../s1. The highest BCUT2D eigenvalue weighted by molar-refractivity contribution is 5.97. The molecule has 1 unspecified atom stereocenters. The summed E-state index contributed by atoms with van der Waals surface area (Å²) in [4.78, 5) is 25.5. The second-order valence-electron chi connectivity index (χ2n) is 6.35. The highest BCUT2D eigenvalue weighted by atomic mass is 35.5. The van der Waals surface area contributed by atoms with Gasteiger partial charge in [0.2, 0.25) is 5.91 Å². The predicted molar refractivity (Wildman–Crippen MR) is 109 cm³/mol. The van der Waals surface area contributed by atoms with Crippen molar-refractivity contribution in [2.24, 2.45) is 17.6 Å². The molecule has 0 spiro atoms. The van der Waals surface area contributed by atoms with E-state index >= 15 is 0 Å². The summed E-state index contributed by atoms with van der Waals surface area (Å²) in [5, 5.41) is 12.2. The summed E-state index contributed by atoms with van der Waals surface area (Å²) in [5.41, 5.74) is 6.52. The zero-order valence-electron chi connectivity index (χ0n) is 14.8. The third-order valence-corrected chi connectivity index (χ3v) is 4.74. The molecule has 2 aromatic rings. The molecule has 3 rings (SSSR count). The summed E-state index contributed by atoms with van der Waals surface area (Å²) in [7, 11) is 0. The van der Waals surface area contributed by atoms with Crippen LogP contribution in [0.4, 0.5) is 5.82 Å². The lowest BCUT2D eigenvalue weighted by Crippen LogP contribution is -2.41. The number of rotatable bonds is 6. The summed E-state index contributed by atoms with van der Waals surface area (Å²) in [5.74, 6) is 0.122. The smallest absolute Gasteiger partial charge is 0.252 e. The van der Waals surface area contributed by atoms with Crippen LogP contribution in [0.5, 0.6) is 0 Å². The van der Waals surface area contributed by atoms with Gasteiger partial charge in [-0.05, 0) is 30.9 Å². The van der Waals surface area contributed by atoms with Crippen LogP contribution >= 0.6 is 24.8 Å². The summed E-state index contributed by atoms with van der Waals surface area (Å²) in [6, 6.07) is 10.1. The van der Waals surface area contributed by atoms with Gasteiger partial charge in [-0.15, -0.1) is 24.8 Å². The summed E-state index contributed by atoms with van der Waals surface area (Å²) >= 11 is 0. The van der Waals surface area contributed by atoms with Crippen molar-refractivity contribution in [1.29, 1.82) is 0 Å². The molecular formula is C18H25Cl2N5O2. The minimum Gasteiger partial charge on any atom is -0.340 e. The molecule has 0 bridgehead atoms. The Morgan fingerprint density at radius 3 is 2.56 bits per heavy atom. The second-order valence-corrected chi connectivity index (χ2v) is 6.35. The molecule has 3 atom stereocenters. The van der Waals surface area contributed by atoms with E-state index in [0.717, 1.165) is 24.8 Å². The molecule has 1 aromatic heterocycles. The average molecular weight is 414 g/mol. The SMILES string of the molecule is Cl.Cl.NC[C@H]1CCC[C@H]1C(=O)NC(C(=O)Nc1ccn[nH]1)c1ccccc1. The predicted octanol–water partition coefficient (Wildman–Crippen LogP) is 2.42. The number of nitrogens with zero attached hydrogens (tertiary/aromatic N) is 1. The maximum Gasteiger partial charge on any atom is 0.252 e. The van der Waals surface area contributed by atoms with Crippen LogP contribution in [-0.2, 0) is 9.59 Å². The van der Waals surface area contributed by atoms with Crippen LogP contribution in [0.3, 0.4) is 0 Å². The molecule has 1 saturated carbocycles. The Balaban J connectivity index is 0.00000182. The fourth-order valence-electron chi connectivity index (χ4n) is 3.39. The second kappa shape index (κ2) is 10.9. The number of H-pyrrole nitrogens is 1. The molecular weight excluding hydrogens is 389 g/mol. The van der Waals surface area contributed by atoms with E-state index in [2.05, 4.69) is 20.8 Å². The van der Waals surface area contributed by atoms with Crippen molar-refractivity contribution in [2.75, 3.05) is 11.9 Å². The topological polar surface area (TPSA) is 113 Å². The van der Waals surface area contributed by atoms with Crippen molar-refractivity contribution in [3.8, 4) is 0 Å². The number of anilines is 1. The summed E-state index contributed by atoms with van der Waals surface area (Å²) in [6.45, 7) is 0.494. The lowest BCUT2D eigenvalue weighted by atomic mass is 9.94. The van der Waals surface area contributed by atoms with Crippen LogP contribution in [-0.4, -0.2) is 28.6 Å². The number of nitrogens with two attached hydrogens (primary N) is 1. The molecule has 2 amide bonds. The number of aromatic nitrogens is 2. The van der Waals surface area contributed by atoms with Gasteiger partial charge in [0.25, 0.3) is 5.91 Å².